The van der Waals surface area contributed by atoms with Gasteiger partial charge in [0.2, 0.25) is 0 Å². The number of methoxy groups -OCH3 is 2. The van der Waals surface area contributed by atoms with Crippen LogP contribution in [-0.4, -0.2) is 31.3 Å². The van der Waals surface area contributed by atoms with Gasteiger partial charge in [0.15, 0.2) is 16.3 Å². The standard InChI is InChI=1S/C31H29N3O5S/c1-5-39-28-21(10-9-13-24(28)38-4)18-25-30(36)34-27(20-14-16-23(37-3)17-15-20)26(19(2)32-31(34)40-25)29(35)33-22-11-7-6-8-12-22/h6-18,27H,5H2,1-4H3,(H,33,35)/b25-18+/t27-/m0/s1. The van der Waals surface area contributed by atoms with Crippen LogP contribution >= 0.6 is 11.3 Å². The second-order valence-electron chi connectivity index (χ2n) is 8.99. The molecule has 1 N–H and O–H groups in total. The van der Waals surface area contributed by atoms with Gasteiger partial charge in [-0.1, -0.05) is 53.8 Å². The van der Waals surface area contributed by atoms with Crippen LogP contribution in [0.2, 0.25) is 0 Å². The minimum absolute atomic E-state index is 0.257. The first kappa shape index (κ1) is 27.0. The second-order valence-corrected chi connectivity index (χ2v) is 10.00. The number of anilines is 1. The number of hydrogen-bond acceptors (Lipinski definition) is 7. The van der Waals surface area contributed by atoms with Crippen LogP contribution in [0.3, 0.4) is 0 Å². The van der Waals surface area contributed by atoms with Gasteiger partial charge < -0.3 is 19.5 Å². The molecule has 0 saturated carbocycles. The maximum atomic E-state index is 14.0. The number of amides is 1. The molecule has 0 unspecified atom stereocenters. The summed E-state index contributed by atoms with van der Waals surface area (Å²) in [6.07, 6.45) is 1.78. The number of hydrogen-bond donors (Lipinski definition) is 1. The highest BCUT2D eigenvalue weighted by Gasteiger charge is 2.32. The van der Waals surface area contributed by atoms with Crippen molar-refractivity contribution in [3.05, 3.63) is 115 Å². The monoisotopic (exact) mass is 555 g/mol. The Morgan fingerprint density at radius 3 is 2.45 bits per heavy atom. The van der Waals surface area contributed by atoms with Crippen LogP contribution < -0.4 is 34.4 Å². The van der Waals surface area contributed by atoms with E-state index < -0.39 is 6.04 Å². The molecule has 0 fully saturated rings. The first-order chi connectivity index (χ1) is 19.4. The van der Waals surface area contributed by atoms with Crippen molar-refractivity contribution in [2.24, 2.45) is 4.99 Å². The molecular formula is C31H29N3O5S. The Bertz CT molecular complexity index is 1760. The zero-order chi connectivity index (χ0) is 28.2. The lowest BCUT2D eigenvalue weighted by atomic mass is 9.95. The number of carbonyl (C=O) groups is 1. The number of carbonyl (C=O) groups excluding carboxylic acids is 1. The van der Waals surface area contributed by atoms with Crippen LogP contribution in [-0.2, 0) is 4.79 Å². The van der Waals surface area contributed by atoms with E-state index in [0.717, 1.165) is 5.56 Å². The molecule has 0 spiro atoms. The summed E-state index contributed by atoms with van der Waals surface area (Å²) in [7, 11) is 3.17. The Morgan fingerprint density at radius 1 is 1.02 bits per heavy atom. The van der Waals surface area contributed by atoms with Crippen molar-refractivity contribution < 1.29 is 19.0 Å². The third-order valence-electron chi connectivity index (χ3n) is 6.53. The van der Waals surface area contributed by atoms with Crippen LogP contribution in [0.1, 0.15) is 31.0 Å². The first-order valence-electron chi connectivity index (χ1n) is 12.8. The van der Waals surface area contributed by atoms with Crippen LogP contribution in [0.5, 0.6) is 17.2 Å². The van der Waals surface area contributed by atoms with E-state index in [9.17, 15) is 9.59 Å². The number of allylic oxidation sites excluding steroid dienone is 1. The summed E-state index contributed by atoms with van der Waals surface area (Å²) < 4.78 is 18.7. The number of benzene rings is 3. The lowest BCUT2D eigenvalue weighted by molar-refractivity contribution is -0.113. The van der Waals surface area contributed by atoms with Crippen molar-refractivity contribution in [2.45, 2.75) is 19.9 Å². The minimum Gasteiger partial charge on any atom is -0.497 e. The minimum atomic E-state index is -0.690. The number of thiazole rings is 1. The number of para-hydroxylation sites is 2. The third-order valence-corrected chi connectivity index (χ3v) is 7.52. The topological polar surface area (TPSA) is 91.2 Å². The summed E-state index contributed by atoms with van der Waals surface area (Å²) in [5.74, 6) is 1.49. The fourth-order valence-corrected chi connectivity index (χ4v) is 5.72. The van der Waals surface area contributed by atoms with Crippen LogP contribution in [0.15, 0.2) is 93.9 Å². The molecule has 4 aromatic rings. The predicted octanol–water partition coefficient (Wildman–Crippen LogP) is 4.29. The molecule has 204 valence electrons. The molecule has 8 nitrogen and oxygen atoms in total. The zero-order valence-electron chi connectivity index (χ0n) is 22.6. The van der Waals surface area contributed by atoms with E-state index in [0.29, 0.717) is 55.7 Å². The molecule has 5 rings (SSSR count). The molecule has 40 heavy (non-hydrogen) atoms. The molecule has 0 aliphatic carbocycles. The molecule has 1 aliphatic rings. The van der Waals surface area contributed by atoms with Gasteiger partial charge in [0.1, 0.15) is 5.75 Å². The molecule has 9 heteroatoms. The maximum Gasteiger partial charge on any atom is 0.271 e. The smallest absolute Gasteiger partial charge is 0.271 e. The summed E-state index contributed by atoms with van der Waals surface area (Å²) in [5.41, 5.74) is 2.80. The normalized spacial score (nSPS) is 14.8. The van der Waals surface area contributed by atoms with Crippen molar-refractivity contribution in [2.75, 3.05) is 26.1 Å². The molecule has 1 aromatic heterocycles. The van der Waals surface area contributed by atoms with Crippen LogP contribution in [0, 0.1) is 0 Å². The Labute approximate surface area is 235 Å². The highest BCUT2D eigenvalue weighted by Crippen LogP contribution is 2.33. The summed E-state index contributed by atoms with van der Waals surface area (Å²) in [4.78, 5) is 32.9. The maximum absolute atomic E-state index is 14.0. The van der Waals surface area contributed by atoms with E-state index in [1.807, 2.05) is 79.7 Å². The quantitative estimate of drug-likeness (QED) is 0.350. The lowest BCUT2D eigenvalue weighted by Gasteiger charge is -2.25. The number of aromatic nitrogens is 1. The van der Waals surface area contributed by atoms with Gasteiger partial charge in [0.25, 0.3) is 11.5 Å². The molecule has 3 aromatic carbocycles. The van der Waals surface area contributed by atoms with Gasteiger partial charge in [-0.25, -0.2) is 4.99 Å². The predicted molar refractivity (Wildman–Crippen MR) is 156 cm³/mol. The molecule has 1 atom stereocenters. The van der Waals surface area contributed by atoms with E-state index in [1.54, 1.807) is 31.8 Å². The van der Waals surface area contributed by atoms with Gasteiger partial charge in [-0.2, -0.15) is 0 Å². The number of fused-ring (bicyclic) bond motifs is 1. The van der Waals surface area contributed by atoms with E-state index in [-0.39, 0.29) is 11.5 Å². The summed E-state index contributed by atoms with van der Waals surface area (Å²) in [6.45, 7) is 4.13. The Morgan fingerprint density at radius 2 is 1.77 bits per heavy atom. The zero-order valence-corrected chi connectivity index (χ0v) is 23.5. The van der Waals surface area contributed by atoms with E-state index in [2.05, 4.69) is 5.32 Å². The van der Waals surface area contributed by atoms with Crippen molar-refractivity contribution in [1.29, 1.82) is 0 Å². The second kappa shape index (κ2) is 11.6. The van der Waals surface area contributed by atoms with E-state index in [1.165, 1.54) is 11.3 Å². The fraction of sp³-hybridized carbons (Fsp3) is 0.194. The van der Waals surface area contributed by atoms with E-state index >= 15 is 0 Å². The molecule has 1 amide bonds. The van der Waals surface area contributed by atoms with Gasteiger partial charge in [-0.3, -0.25) is 14.2 Å². The largest absolute Gasteiger partial charge is 0.497 e. The van der Waals surface area contributed by atoms with Gasteiger partial charge in [0.05, 0.1) is 42.7 Å². The number of rotatable bonds is 8. The van der Waals surface area contributed by atoms with Gasteiger partial charge in [-0.05, 0) is 55.8 Å². The highest BCUT2D eigenvalue weighted by atomic mass is 32.1. The molecule has 1 aliphatic heterocycles. The van der Waals surface area contributed by atoms with Gasteiger partial charge >= 0.3 is 0 Å². The van der Waals surface area contributed by atoms with Crippen molar-refractivity contribution >= 4 is 29.0 Å². The fourth-order valence-electron chi connectivity index (χ4n) is 4.68. The van der Waals surface area contributed by atoms with Crippen molar-refractivity contribution in [3.63, 3.8) is 0 Å². The molecule has 2 heterocycles. The summed E-state index contributed by atoms with van der Waals surface area (Å²) >= 11 is 1.27. The molecular weight excluding hydrogens is 526 g/mol. The van der Waals surface area contributed by atoms with Crippen LogP contribution in [0.25, 0.3) is 6.08 Å². The Hall–Kier alpha value is -4.63. The first-order valence-corrected chi connectivity index (χ1v) is 13.6. The van der Waals surface area contributed by atoms with Gasteiger partial charge in [0, 0.05) is 11.3 Å². The summed E-state index contributed by atoms with van der Waals surface area (Å²) in [5, 5.41) is 2.96. The molecule has 0 radical (unpaired) electrons. The van der Waals surface area contributed by atoms with Gasteiger partial charge in [-0.15, -0.1) is 0 Å². The number of nitrogens with zero attached hydrogens (tertiary/aromatic N) is 2. The lowest BCUT2D eigenvalue weighted by Crippen LogP contribution is -2.40. The Balaban J connectivity index is 1.68. The average molecular weight is 556 g/mol. The number of ether oxygens (including phenoxy) is 3. The Kier molecular flexibility index (Phi) is 7.84. The van der Waals surface area contributed by atoms with Crippen LogP contribution in [0.4, 0.5) is 5.69 Å². The number of nitrogens with one attached hydrogen (secondary N) is 1. The average Bonchev–Trinajstić information content (AvgIpc) is 3.27. The summed E-state index contributed by atoms with van der Waals surface area (Å²) in [6, 6.07) is 21.4. The van der Waals surface area contributed by atoms with Crippen molar-refractivity contribution in [3.8, 4) is 17.2 Å². The SMILES string of the molecule is CCOc1c(/C=c2/sc3n(c2=O)[C@@H](c2ccc(OC)cc2)C(C(=O)Nc2ccccc2)=C(C)N=3)cccc1OC. The highest BCUT2D eigenvalue weighted by molar-refractivity contribution is 7.07. The van der Waals surface area contributed by atoms with Crippen molar-refractivity contribution in [1.82, 2.24) is 4.57 Å². The molecule has 0 saturated heterocycles. The molecule has 0 bridgehead atoms. The van der Waals surface area contributed by atoms with E-state index in [4.69, 9.17) is 19.2 Å². The third kappa shape index (κ3) is 5.15.